The van der Waals surface area contributed by atoms with Crippen molar-refractivity contribution in [1.82, 2.24) is 24.6 Å². The topological polar surface area (TPSA) is 193 Å². The van der Waals surface area contributed by atoms with Gasteiger partial charge in [0.15, 0.2) is 17.4 Å². The molecule has 2 aromatic heterocycles. The van der Waals surface area contributed by atoms with Crippen LogP contribution >= 0.6 is 19.3 Å². The molecule has 0 saturated carbocycles. The first-order chi connectivity index (χ1) is 18.3. The lowest BCUT2D eigenvalue weighted by Crippen LogP contribution is -2.40. The molecule has 14 nitrogen and oxygen atoms in total. The zero-order chi connectivity index (χ0) is 28.5. The van der Waals surface area contributed by atoms with Crippen molar-refractivity contribution in [3.05, 3.63) is 47.0 Å². The lowest BCUT2D eigenvalue weighted by Gasteiger charge is -2.25. The molecule has 1 aliphatic heterocycles. The van der Waals surface area contributed by atoms with Crippen LogP contribution in [0, 0.1) is 0 Å². The van der Waals surface area contributed by atoms with Crippen molar-refractivity contribution in [3.63, 3.8) is 0 Å². The Balaban J connectivity index is 1.56. The van der Waals surface area contributed by atoms with Crippen LogP contribution in [0.25, 0.3) is 11.2 Å². The Morgan fingerprint density at radius 1 is 1.38 bits per heavy atom. The van der Waals surface area contributed by atoms with Crippen molar-refractivity contribution < 1.29 is 37.4 Å². The summed E-state index contributed by atoms with van der Waals surface area (Å²) in [6.07, 6.45) is -4.60. The fourth-order valence-corrected chi connectivity index (χ4v) is 5.53. The van der Waals surface area contributed by atoms with Gasteiger partial charge in [0.25, 0.3) is 10.7 Å². The number of esters is 1. The van der Waals surface area contributed by atoms with Crippen molar-refractivity contribution in [1.29, 1.82) is 0 Å². The second-order valence-corrected chi connectivity index (χ2v) is 11.2. The molecule has 0 bridgehead atoms. The molecule has 3 heterocycles. The first kappa shape index (κ1) is 28.9. The molecule has 17 heteroatoms. The standard InChI is InChI=1S/C22H27ClFN6O8P/c1-11(2)36-19(33)12(3)29-39(34,38-13-7-5-4-6-8-13)35-9-14-16(31)22(23,24)20(37-14)30-10-26-15-17(30)27-21(25)28-18(15)32/h4-8,10-12,14,16,20,31H,9H2,1-3H3,(H,29,34)(H3,25,27,28,32)/t12-,14-,16-,20-,22-,39?/m1/s1. The molecule has 212 valence electrons. The van der Waals surface area contributed by atoms with E-state index in [1.54, 1.807) is 32.0 Å². The number of carbonyl (C=O) groups excluding carboxylic acids is 1. The number of imidazole rings is 1. The van der Waals surface area contributed by atoms with E-state index in [1.165, 1.54) is 19.1 Å². The van der Waals surface area contributed by atoms with Crippen LogP contribution in [0.4, 0.5) is 10.3 Å². The largest absolute Gasteiger partial charge is 0.462 e. The van der Waals surface area contributed by atoms with Crippen LogP contribution in [-0.2, 0) is 23.4 Å². The summed E-state index contributed by atoms with van der Waals surface area (Å²) >= 11 is 6.04. The van der Waals surface area contributed by atoms with Crippen LogP contribution in [-0.4, -0.2) is 66.7 Å². The van der Waals surface area contributed by atoms with Crippen molar-refractivity contribution in [2.75, 3.05) is 12.3 Å². The van der Waals surface area contributed by atoms with Gasteiger partial charge >= 0.3 is 13.7 Å². The van der Waals surface area contributed by atoms with Crippen molar-refractivity contribution in [2.45, 2.75) is 56.5 Å². The van der Waals surface area contributed by atoms with Gasteiger partial charge in [0, 0.05) is 0 Å². The molecule has 1 aliphatic rings. The van der Waals surface area contributed by atoms with Crippen LogP contribution in [0.1, 0.15) is 27.0 Å². The normalized spacial score (nSPS) is 25.5. The summed E-state index contributed by atoms with van der Waals surface area (Å²) in [4.78, 5) is 34.5. The number of H-pyrrole nitrogens is 1. The van der Waals surface area contributed by atoms with Crippen molar-refractivity contribution in [2.24, 2.45) is 0 Å². The number of para-hydroxylation sites is 1. The highest BCUT2D eigenvalue weighted by atomic mass is 35.5. The highest BCUT2D eigenvalue weighted by Crippen LogP contribution is 2.49. The number of nitrogens with two attached hydrogens (primary N) is 1. The van der Waals surface area contributed by atoms with E-state index in [9.17, 15) is 19.3 Å². The zero-order valence-corrected chi connectivity index (χ0v) is 22.6. The molecule has 39 heavy (non-hydrogen) atoms. The molecule has 3 aromatic rings. The monoisotopic (exact) mass is 588 g/mol. The minimum absolute atomic E-state index is 0.138. The van der Waals surface area contributed by atoms with Crippen LogP contribution in [0.2, 0.25) is 0 Å². The summed E-state index contributed by atoms with van der Waals surface area (Å²) in [5.41, 5.74) is 4.60. The molecule has 4 rings (SSSR count). The molecule has 1 fully saturated rings. The molecule has 0 radical (unpaired) electrons. The second-order valence-electron chi connectivity index (χ2n) is 8.96. The van der Waals surface area contributed by atoms with Crippen molar-refractivity contribution in [3.8, 4) is 5.75 Å². The maximum absolute atomic E-state index is 15.6. The Kier molecular flexibility index (Phi) is 8.30. The number of ether oxygens (including phenoxy) is 2. The van der Waals surface area contributed by atoms with E-state index in [2.05, 4.69) is 20.0 Å². The SMILES string of the molecule is CC(C)OC(=O)[C@@H](C)NP(=O)(OC[C@H]1O[C@@H](n2cnc3c(=O)[nH]c(N)nc32)[C@@](F)(Cl)[C@@H]1O)Oc1ccccc1. The number of benzene rings is 1. The van der Waals surface area contributed by atoms with Crippen LogP contribution < -0.4 is 20.9 Å². The smallest absolute Gasteiger partial charge is 0.459 e. The first-order valence-corrected chi connectivity index (χ1v) is 13.6. The summed E-state index contributed by atoms with van der Waals surface area (Å²) in [7, 11) is -4.35. The number of aromatic amines is 1. The van der Waals surface area contributed by atoms with Crippen molar-refractivity contribution >= 4 is 42.4 Å². The third kappa shape index (κ3) is 6.24. The molecule has 0 aliphatic carbocycles. The first-order valence-electron chi connectivity index (χ1n) is 11.7. The van der Waals surface area contributed by atoms with Gasteiger partial charge in [0.05, 0.1) is 19.0 Å². The van der Waals surface area contributed by atoms with Gasteiger partial charge in [-0.15, -0.1) is 0 Å². The number of aromatic nitrogens is 4. The quantitative estimate of drug-likeness (QED) is 0.153. The number of hydrogen-bond acceptors (Lipinski definition) is 11. The third-order valence-electron chi connectivity index (χ3n) is 5.52. The highest BCUT2D eigenvalue weighted by Gasteiger charge is 2.58. The Morgan fingerprint density at radius 3 is 2.74 bits per heavy atom. The number of fused-ring (bicyclic) bond motifs is 1. The number of hydrogen-bond donors (Lipinski definition) is 4. The van der Waals surface area contributed by atoms with Gasteiger partial charge in [-0.25, -0.2) is 13.9 Å². The number of aliphatic hydroxyl groups is 1. The van der Waals surface area contributed by atoms with Crippen LogP contribution in [0.5, 0.6) is 5.75 Å². The number of carbonyl (C=O) groups is 1. The molecule has 6 atom stereocenters. The Bertz CT molecular complexity index is 1440. The Morgan fingerprint density at radius 2 is 2.08 bits per heavy atom. The number of rotatable bonds is 10. The van der Waals surface area contributed by atoms with Crippen LogP contribution in [0.15, 0.2) is 41.5 Å². The van der Waals surface area contributed by atoms with Crippen LogP contribution in [0.3, 0.4) is 0 Å². The molecule has 0 spiro atoms. The van der Waals surface area contributed by atoms with E-state index in [1.807, 2.05) is 0 Å². The van der Waals surface area contributed by atoms with E-state index in [-0.39, 0.29) is 22.9 Å². The zero-order valence-electron chi connectivity index (χ0n) is 21.0. The predicted molar refractivity (Wildman–Crippen MR) is 137 cm³/mol. The van der Waals surface area contributed by atoms with Gasteiger partial charge in [-0.05, 0) is 32.9 Å². The average Bonchev–Trinajstić information content (AvgIpc) is 3.36. The van der Waals surface area contributed by atoms with Gasteiger partial charge in [-0.1, -0.05) is 29.8 Å². The summed E-state index contributed by atoms with van der Waals surface area (Å²) in [6.45, 7) is 3.99. The molecule has 0 amide bonds. The summed E-state index contributed by atoms with van der Waals surface area (Å²) in [5.74, 6) is -0.846. The molecule has 1 unspecified atom stereocenters. The van der Waals surface area contributed by atoms with Gasteiger partial charge in [0.1, 0.15) is 24.0 Å². The predicted octanol–water partition coefficient (Wildman–Crippen LogP) is 2.00. The molecular weight excluding hydrogens is 562 g/mol. The Labute approximate surface area is 226 Å². The highest BCUT2D eigenvalue weighted by molar-refractivity contribution is 7.52. The minimum atomic E-state index is -4.35. The third-order valence-corrected chi connectivity index (χ3v) is 7.57. The minimum Gasteiger partial charge on any atom is -0.462 e. The summed E-state index contributed by atoms with van der Waals surface area (Å²) < 4.78 is 52.0. The summed E-state index contributed by atoms with van der Waals surface area (Å²) in [6, 6.07) is 6.82. The number of nitrogens with zero attached hydrogens (tertiary/aromatic N) is 3. The van der Waals surface area contributed by atoms with E-state index in [4.69, 9.17) is 35.9 Å². The molecular formula is C22H27ClFN6O8P. The second kappa shape index (κ2) is 11.2. The number of nitrogens with one attached hydrogen (secondary N) is 2. The number of nitrogen functional groups attached to an aromatic ring is 1. The van der Waals surface area contributed by atoms with E-state index in [0.29, 0.717) is 0 Å². The van der Waals surface area contributed by atoms with Gasteiger partial charge < -0.3 is 24.8 Å². The average molecular weight is 589 g/mol. The van der Waals surface area contributed by atoms with Gasteiger partial charge in [-0.3, -0.25) is 23.7 Å². The van der Waals surface area contributed by atoms with E-state index >= 15 is 4.39 Å². The number of alkyl halides is 2. The molecule has 5 N–H and O–H groups in total. The fraction of sp³-hybridized carbons (Fsp3) is 0.455. The number of aliphatic hydroxyl groups excluding tert-OH is 1. The van der Waals surface area contributed by atoms with E-state index in [0.717, 1.165) is 10.9 Å². The van der Waals surface area contributed by atoms with E-state index < -0.39 is 61.6 Å². The maximum atomic E-state index is 15.6. The lowest BCUT2D eigenvalue weighted by molar-refractivity contribution is -0.149. The lowest BCUT2D eigenvalue weighted by atomic mass is 10.1. The molecule has 1 aromatic carbocycles. The fourth-order valence-electron chi connectivity index (χ4n) is 3.73. The maximum Gasteiger partial charge on any atom is 0.459 e. The summed E-state index contributed by atoms with van der Waals surface area (Å²) in [5, 5.41) is 10.2. The Hall–Kier alpha value is -3.07. The number of halogens is 2. The van der Waals surface area contributed by atoms with Gasteiger partial charge in [-0.2, -0.15) is 10.1 Å². The molecule has 1 saturated heterocycles. The number of anilines is 1. The van der Waals surface area contributed by atoms with Gasteiger partial charge in [0.2, 0.25) is 5.95 Å².